The third kappa shape index (κ3) is 2.62. The zero-order valence-electron chi connectivity index (χ0n) is 7.75. The van der Waals surface area contributed by atoms with Gasteiger partial charge in [0.05, 0.1) is 0 Å². The number of nitrogens with two attached hydrogens (primary N) is 1. The van der Waals surface area contributed by atoms with Crippen LogP contribution in [0.5, 0.6) is 0 Å². The molecule has 0 aliphatic heterocycles. The SMILES string of the molecule is Cc1cncc(CC(C)CN)c1. The fourth-order valence-corrected chi connectivity index (χ4v) is 1.21. The minimum Gasteiger partial charge on any atom is -0.330 e. The van der Waals surface area contributed by atoms with E-state index in [4.69, 9.17) is 5.73 Å². The first-order chi connectivity index (χ1) is 5.72. The van der Waals surface area contributed by atoms with E-state index < -0.39 is 0 Å². The number of aryl methyl sites for hydroxylation is 1. The van der Waals surface area contributed by atoms with Crippen LogP contribution in [0.4, 0.5) is 0 Å². The third-order valence-electron chi connectivity index (χ3n) is 1.92. The molecule has 0 aromatic carbocycles. The smallest absolute Gasteiger partial charge is 0.0300 e. The molecule has 0 bridgehead atoms. The second-order valence-corrected chi connectivity index (χ2v) is 3.42. The Balaban J connectivity index is 2.63. The van der Waals surface area contributed by atoms with Crippen LogP contribution >= 0.6 is 0 Å². The van der Waals surface area contributed by atoms with E-state index >= 15 is 0 Å². The van der Waals surface area contributed by atoms with Crippen molar-refractivity contribution in [3.8, 4) is 0 Å². The molecule has 0 saturated heterocycles. The van der Waals surface area contributed by atoms with Crippen molar-refractivity contribution in [3.05, 3.63) is 29.6 Å². The zero-order valence-corrected chi connectivity index (χ0v) is 7.75. The summed E-state index contributed by atoms with van der Waals surface area (Å²) in [5.41, 5.74) is 8.04. The summed E-state index contributed by atoms with van der Waals surface area (Å²) in [6, 6.07) is 2.17. The van der Waals surface area contributed by atoms with E-state index in [1.807, 2.05) is 12.4 Å². The molecule has 12 heavy (non-hydrogen) atoms. The van der Waals surface area contributed by atoms with Crippen LogP contribution in [0.15, 0.2) is 18.5 Å². The Morgan fingerprint density at radius 3 is 2.83 bits per heavy atom. The van der Waals surface area contributed by atoms with Crippen LogP contribution in [0.3, 0.4) is 0 Å². The Hall–Kier alpha value is -0.890. The van der Waals surface area contributed by atoms with Crippen molar-refractivity contribution in [2.75, 3.05) is 6.54 Å². The molecule has 1 unspecified atom stereocenters. The summed E-state index contributed by atoms with van der Waals surface area (Å²) in [6.45, 7) is 4.96. The molecule has 1 aromatic heterocycles. The molecule has 0 amide bonds. The Morgan fingerprint density at radius 1 is 1.50 bits per heavy atom. The lowest BCUT2D eigenvalue weighted by molar-refractivity contribution is 0.591. The third-order valence-corrected chi connectivity index (χ3v) is 1.92. The molecule has 2 N–H and O–H groups in total. The van der Waals surface area contributed by atoms with Crippen LogP contribution in [0, 0.1) is 12.8 Å². The van der Waals surface area contributed by atoms with Gasteiger partial charge >= 0.3 is 0 Å². The average molecular weight is 164 g/mol. The lowest BCUT2D eigenvalue weighted by atomic mass is 10.0. The van der Waals surface area contributed by atoms with E-state index in [9.17, 15) is 0 Å². The zero-order chi connectivity index (χ0) is 8.97. The monoisotopic (exact) mass is 164 g/mol. The number of hydrogen-bond donors (Lipinski definition) is 1. The first-order valence-electron chi connectivity index (χ1n) is 4.33. The first-order valence-corrected chi connectivity index (χ1v) is 4.33. The van der Waals surface area contributed by atoms with Gasteiger partial charge in [0, 0.05) is 12.4 Å². The standard InChI is InChI=1S/C10H16N2/c1-8(5-11)3-10-4-9(2)6-12-7-10/h4,6-8H,3,5,11H2,1-2H3. The molecule has 2 nitrogen and oxygen atoms in total. The molecule has 0 aliphatic carbocycles. The maximum absolute atomic E-state index is 5.54. The van der Waals surface area contributed by atoms with E-state index in [2.05, 4.69) is 24.9 Å². The molecule has 2 heteroatoms. The van der Waals surface area contributed by atoms with Gasteiger partial charge < -0.3 is 5.73 Å². The minimum absolute atomic E-state index is 0.550. The van der Waals surface area contributed by atoms with Crippen molar-refractivity contribution in [3.63, 3.8) is 0 Å². The highest BCUT2D eigenvalue weighted by atomic mass is 14.6. The summed E-state index contributed by atoms with van der Waals surface area (Å²) < 4.78 is 0. The summed E-state index contributed by atoms with van der Waals surface area (Å²) >= 11 is 0. The van der Waals surface area contributed by atoms with Gasteiger partial charge in [0.1, 0.15) is 0 Å². The van der Waals surface area contributed by atoms with Crippen molar-refractivity contribution in [2.45, 2.75) is 20.3 Å². The van der Waals surface area contributed by atoms with Gasteiger partial charge in [-0.25, -0.2) is 0 Å². The van der Waals surface area contributed by atoms with Crippen LogP contribution in [-0.2, 0) is 6.42 Å². The van der Waals surface area contributed by atoms with E-state index in [1.54, 1.807) is 0 Å². The molecule has 66 valence electrons. The molecule has 0 saturated carbocycles. The average Bonchev–Trinajstić information content (AvgIpc) is 2.04. The second kappa shape index (κ2) is 4.21. The van der Waals surface area contributed by atoms with Crippen LogP contribution < -0.4 is 5.73 Å². The molecule has 1 aromatic rings. The number of nitrogens with zero attached hydrogens (tertiary/aromatic N) is 1. The van der Waals surface area contributed by atoms with E-state index in [-0.39, 0.29) is 0 Å². The predicted molar refractivity (Wildman–Crippen MR) is 50.9 cm³/mol. The predicted octanol–water partition coefficient (Wildman–Crippen LogP) is 1.53. The Labute approximate surface area is 73.8 Å². The van der Waals surface area contributed by atoms with Gasteiger partial charge in [0.15, 0.2) is 0 Å². The molecular formula is C10H16N2. The van der Waals surface area contributed by atoms with Crippen molar-refractivity contribution in [2.24, 2.45) is 11.7 Å². The largest absolute Gasteiger partial charge is 0.330 e. The normalized spacial score (nSPS) is 12.9. The van der Waals surface area contributed by atoms with Crippen LogP contribution in [0.2, 0.25) is 0 Å². The highest BCUT2D eigenvalue weighted by Gasteiger charge is 2.00. The van der Waals surface area contributed by atoms with Gasteiger partial charge in [0.25, 0.3) is 0 Å². The summed E-state index contributed by atoms with van der Waals surface area (Å²) in [7, 11) is 0. The topological polar surface area (TPSA) is 38.9 Å². The fraction of sp³-hybridized carbons (Fsp3) is 0.500. The molecular weight excluding hydrogens is 148 g/mol. The fourth-order valence-electron chi connectivity index (χ4n) is 1.21. The van der Waals surface area contributed by atoms with Gasteiger partial charge in [0.2, 0.25) is 0 Å². The molecule has 1 rings (SSSR count). The van der Waals surface area contributed by atoms with E-state index in [1.165, 1.54) is 11.1 Å². The van der Waals surface area contributed by atoms with E-state index in [0.29, 0.717) is 5.92 Å². The lowest BCUT2D eigenvalue weighted by Crippen LogP contribution is -2.13. The lowest BCUT2D eigenvalue weighted by Gasteiger charge is -2.07. The van der Waals surface area contributed by atoms with Crippen LogP contribution in [0.1, 0.15) is 18.1 Å². The molecule has 0 fully saturated rings. The number of aromatic nitrogens is 1. The summed E-state index contributed by atoms with van der Waals surface area (Å²) in [5, 5.41) is 0. The van der Waals surface area contributed by atoms with Gasteiger partial charge in [-0.15, -0.1) is 0 Å². The highest BCUT2D eigenvalue weighted by Crippen LogP contribution is 2.07. The van der Waals surface area contributed by atoms with Gasteiger partial charge in [-0.2, -0.15) is 0 Å². The Bertz CT molecular complexity index is 245. The summed E-state index contributed by atoms with van der Waals surface area (Å²) in [5.74, 6) is 0.550. The van der Waals surface area contributed by atoms with Gasteiger partial charge in [-0.3, -0.25) is 4.98 Å². The van der Waals surface area contributed by atoms with Crippen LogP contribution in [-0.4, -0.2) is 11.5 Å². The molecule has 1 atom stereocenters. The van der Waals surface area contributed by atoms with Crippen LogP contribution in [0.25, 0.3) is 0 Å². The van der Waals surface area contributed by atoms with Crippen molar-refractivity contribution in [1.82, 2.24) is 4.98 Å². The summed E-state index contributed by atoms with van der Waals surface area (Å²) in [6.07, 6.45) is 4.82. The first kappa shape index (κ1) is 9.20. The Kier molecular flexibility index (Phi) is 3.23. The van der Waals surface area contributed by atoms with E-state index in [0.717, 1.165) is 13.0 Å². The maximum Gasteiger partial charge on any atom is 0.0300 e. The number of pyridine rings is 1. The minimum atomic E-state index is 0.550. The molecule has 0 radical (unpaired) electrons. The second-order valence-electron chi connectivity index (χ2n) is 3.42. The number of hydrogen-bond acceptors (Lipinski definition) is 2. The molecule has 0 spiro atoms. The summed E-state index contributed by atoms with van der Waals surface area (Å²) in [4.78, 5) is 4.13. The highest BCUT2D eigenvalue weighted by molar-refractivity contribution is 5.16. The van der Waals surface area contributed by atoms with Crippen molar-refractivity contribution in [1.29, 1.82) is 0 Å². The van der Waals surface area contributed by atoms with Crippen molar-refractivity contribution >= 4 is 0 Å². The van der Waals surface area contributed by atoms with Gasteiger partial charge in [-0.1, -0.05) is 13.0 Å². The number of rotatable bonds is 3. The molecule has 0 aliphatic rings. The van der Waals surface area contributed by atoms with Crippen molar-refractivity contribution < 1.29 is 0 Å². The van der Waals surface area contributed by atoms with Gasteiger partial charge in [-0.05, 0) is 36.9 Å². The maximum atomic E-state index is 5.54. The quantitative estimate of drug-likeness (QED) is 0.735. The molecule has 1 heterocycles. The Morgan fingerprint density at radius 2 is 2.25 bits per heavy atom.